The van der Waals surface area contributed by atoms with Crippen molar-refractivity contribution in [3.8, 4) is 0 Å². The molecule has 1 aromatic carbocycles. The van der Waals surface area contributed by atoms with Gasteiger partial charge in [-0.3, -0.25) is 4.90 Å². The van der Waals surface area contributed by atoms with Crippen LogP contribution in [0.4, 0.5) is 0 Å². The number of nitrogens with two attached hydrogens (primary N) is 1. The number of piperazine rings is 1. The van der Waals surface area contributed by atoms with Gasteiger partial charge < -0.3 is 10.6 Å². The largest absolute Gasteiger partial charge is 0.393 e. The van der Waals surface area contributed by atoms with Gasteiger partial charge in [-0.2, -0.15) is 0 Å². The van der Waals surface area contributed by atoms with E-state index in [0.29, 0.717) is 4.99 Å². The van der Waals surface area contributed by atoms with Gasteiger partial charge in [0.1, 0.15) is 0 Å². The van der Waals surface area contributed by atoms with E-state index in [2.05, 4.69) is 40.1 Å². The first-order chi connectivity index (χ1) is 9.74. The van der Waals surface area contributed by atoms with E-state index in [1.54, 1.807) is 0 Å². The lowest BCUT2D eigenvalue weighted by Gasteiger charge is -2.34. The molecule has 0 spiro atoms. The van der Waals surface area contributed by atoms with Gasteiger partial charge in [0.25, 0.3) is 0 Å². The number of benzene rings is 1. The fourth-order valence-corrected chi connectivity index (χ4v) is 2.79. The average Bonchev–Trinajstić information content (AvgIpc) is 2.46. The van der Waals surface area contributed by atoms with Gasteiger partial charge in [-0.05, 0) is 31.4 Å². The maximum atomic E-state index is 5.51. The molecule has 1 aliphatic rings. The molecule has 0 atom stereocenters. The zero-order chi connectivity index (χ0) is 14.2. The van der Waals surface area contributed by atoms with Crippen LogP contribution < -0.4 is 5.73 Å². The fourth-order valence-electron chi connectivity index (χ4n) is 2.65. The Morgan fingerprint density at radius 3 is 2.30 bits per heavy atom. The van der Waals surface area contributed by atoms with E-state index in [0.717, 1.165) is 19.4 Å². The Morgan fingerprint density at radius 1 is 1.00 bits per heavy atom. The van der Waals surface area contributed by atoms with Gasteiger partial charge >= 0.3 is 0 Å². The van der Waals surface area contributed by atoms with Crippen molar-refractivity contribution in [2.75, 3.05) is 32.7 Å². The Balaban J connectivity index is 1.61. The highest BCUT2D eigenvalue weighted by molar-refractivity contribution is 7.80. The molecule has 1 saturated heterocycles. The second kappa shape index (κ2) is 8.35. The molecule has 0 radical (unpaired) electrons. The molecule has 20 heavy (non-hydrogen) atoms. The van der Waals surface area contributed by atoms with Crippen LogP contribution in [0.1, 0.15) is 24.8 Å². The zero-order valence-electron chi connectivity index (χ0n) is 12.1. The van der Waals surface area contributed by atoms with E-state index >= 15 is 0 Å². The number of thiocarbonyl (C=S) groups is 1. The number of hydrogen-bond donors (Lipinski definition) is 1. The number of rotatable bonds is 7. The van der Waals surface area contributed by atoms with Crippen molar-refractivity contribution in [3.63, 3.8) is 0 Å². The predicted octanol–water partition coefficient (Wildman–Crippen LogP) is 2.26. The predicted molar refractivity (Wildman–Crippen MR) is 88.8 cm³/mol. The number of nitrogens with zero attached hydrogens (tertiary/aromatic N) is 2. The molecule has 1 fully saturated rings. The van der Waals surface area contributed by atoms with E-state index in [9.17, 15) is 0 Å². The monoisotopic (exact) mass is 291 g/mol. The first-order valence-corrected chi connectivity index (χ1v) is 7.92. The molecule has 0 bridgehead atoms. The van der Waals surface area contributed by atoms with Crippen molar-refractivity contribution in [2.45, 2.75) is 25.8 Å². The maximum absolute atomic E-state index is 5.51. The van der Waals surface area contributed by atoms with Crippen molar-refractivity contribution in [3.05, 3.63) is 35.9 Å². The average molecular weight is 291 g/mol. The minimum absolute atomic E-state index is 0.651. The van der Waals surface area contributed by atoms with Crippen LogP contribution in [0, 0.1) is 0 Å². The van der Waals surface area contributed by atoms with Crippen LogP contribution in [0.15, 0.2) is 30.3 Å². The van der Waals surface area contributed by atoms with Crippen molar-refractivity contribution in [1.29, 1.82) is 0 Å². The van der Waals surface area contributed by atoms with Crippen molar-refractivity contribution in [1.82, 2.24) is 9.80 Å². The summed E-state index contributed by atoms with van der Waals surface area (Å²) in [5, 5.41) is 0. The van der Waals surface area contributed by atoms with Gasteiger partial charge in [-0.25, -0.2) is 0 Å². The van der Waals surface area contributed by atoms with Gasteiger partial charge in [0.05, 0.1) is 4.99 Å². The highest BCUT2D eigenvalue weighted by Crippen LogP contribution is 2.09. The molecule has 1 aliphatic heterocycles. The van der Waals surface area contributed by atoms with Crippen LogP contribution in [0.5, 0.6) is 0 Å². The lowest BCUT2D eigenvalue weighted by Crippen LogP contribution is -2.46. The molecule has 4 heteroatoms. The van der Waals surface area contributed by atoms with Crippen LogP contribution in [-0.4, -0.2) is 47.5 Å². The van der Waals surface area contributed by atoms with Crippen molar-refractivity contribution < 1.29 is 0 Å². The zero-order valence-corrected chi connectivity index (χ0v) is 12.9. The van der Waals surface area contributed by atoms with Gasteiger partial charge in [0.2, 0.25) is 0 Å². The van der Waals surface area contributed by atoms with E-state index in [1.165, 1.54) is 44.7 Å². The quantitative estimate of drug-likeness (QED) is 0.617. The van der Waals surface area contributed by atoms with Crippen LogP contribution in [-0.2, 0) is 6.54 Å². The molecule has 2 N–H and O–H groups in total. The highest BCUT2D eigenvalue weighted by atomic mass is 32.1. The molecule has 0 saturated carbocycles. The van der Waals surface area contributed by atoms with Crippen LogP contribution >= 0.6 is 12.2 Å². The summed E-state index contributed by atoms with van der Waals surface area (Å²) in [6.45, 7) is 6.96. The summed E-state index contributed by atoms with van der Waals surface area (Å²) in [5.41, 5.74) is 6.93. The molecular weight excluding hydrogens is 266 g/mol. The molecule has 110 valence electrons. The summed E-state index contributed by atoms with van der Waals surface area (Å²) in [6, 6.07) is 10.7. The third-order valence-electron chi connectivity index (χ3n) is 3.86. The second-order valence-corrected chi connectivity index (χ2v) is 6.05. The van der Waals surface area contributed by atoms with Crippen LogP contribution in [0.25, 0.3) is 0 Å². The third kappa shape index (κ3) is 5.57. The molecule has 0 unspecified atom stereocenters. The topological polar surface area (TPSA) is 32.5 Å². The molecule has 3 nitrogen and oxygen atoms in total. The Hall–Kier alpha value is -0.970. The lowest BCUT2D eigenvalue weighted by molar-refractivity contribution is 0.126. The SMILES string of the molecule is NC(=S)CCCCN1CCN(Cc2ccccc2)CC1. The van der Waals surface area contributed by atoms with Crippen LogP contribution in [0.2, 0.25) is 0 Å². The van der Waals surface area contributed by atoms with Crippen molar-refractivity contribution >= 4 is 17.2 Å². The standard InChI is InChI=1S/C16H25N3S/c17-16(20)8-4-5-9-18-10-12-19(13-11-18)14-15-6-2-1-3-7-15/h1-3,6-7H,4-5,8-14H2,(H2,17,20). The summed E-state index contributed by atoms with van der Waals surface area (Å²) in [4.78, 5) is 5.75. The Labute approximate surface area is 127 Å². The number of hydrogen-bond acceptors (Lipinski definition) is 3. The molecular formula is C16H25N3S. The minimum atomic E-state index is 0.651. The summed E-state index contributed by atoms with van der Waals surface area (Å²) in [6.07, 6.45) is 3.22. The first-order valence-electron chi connectivity index (χ1n) is 7.51. The van der Waals surface area contributed by atoms with Gasteiger partial charge in [0.15, 0.2) is 0 Å². The number of unbranched alkanes of at least 4 members (excludes halogenated alkanes) is 1. The van der Waals surface area contributed by atoms with E-state index in [-0.39, 0.29) is 0 Å². The summed E-state index contributed by atoms with van der Waals surface area (Å²) in [5.74, 6) is 0. The minimum Gasteiger partial charge on any atom is -0.393 e. The second-order valence-electron chi connectivity index (χ2n) is 5.53. The smallest absolute Gasteiger partial charge is 0.0727 e. The molecule has 0 amide bonds. The Kier molecular flexibility index (Phi) is 6.43. The third-order valence-corrected chi connectivity index (χ3v) is 4.07. The van der Waals surface area contributed by atoms with Crippen molar-refractivity contribution in [2.24, 2.45) is 5.73 Å². The normalized spacial score (nSPS) is 17.2. The molecule has 1 heterocycles. The van der Waals surface area contributed by atoms with E-state index in [1.807, 2.05) is 0 Å². The van der Waals surface area contributed by atoms with E-state index in [4.69, 9.17) is 18.0 Å². The first kappa shape index (κ1) is 15.4. The lowest BCUT2D eigenvalue weighted by atomic mass is 10.2. The van der Waals surface area contributed by atoms with E-state index < -0.39 is 0 Å². The Bertz CT molecular complexity index is 399. The van der Waals surface area contributed by atoms with Gasteiger partial charge in [0, 0.05) is 32.7 Å². The van der Waals surface area contributed by atoms with Gasteiger partial charge in [-0.15, -0.1) is 0 Å². The fraction of sp³-hybridized carbons (Fsp3) is 0.562. The summed E-state index contributed by atoms with van der Waals surface area (Å²) >= 11 is 4.90. The molecule has 0 aliphatic carbocycles. The maximum Gasteiger partial charge on any atom is 0.0727 e. The summed E-state index contributed by atoms with van der Waals surface area (Å²) < 4.78 is 0. The van der Waals surface area contributed by atoms with Gasteiger partial charge in [-0.1, -0.05) is 42.5 Å². The summed E-state index contributed by atoms with van der Waals surface area (Å²) in [7, 11) is 0. The molecule has 2 rings (SSSR count). The van der Waals surface area contributed by atoms with Crippen LogP contribution in [0.3, 0.4) is 0 Å². The Morgan fingerprint density at radius 2 is 1.65 bits per heavy atom. The molecule has 1 aromatic rings. The highest BCUT2D eigenvalue weighted by Gasteiger charge is 2.16. The molecule has 0 aromatic heterocycles.